The molecule has 0 atom stereocenters. The van der Waals surface area contributed by atoms with Crippen molar-refractivity contribution >= 4 is 11.8 Å². The summed E-state index contributed by atoms with van der Waals surface area (Å²) in [5, 5.41) is 2.63. The molecule has 2 aliphatic rings. The van der Waals surface area contributed by atoms with Gasteiger partial charge in [-0.1, -0.05) is 19.3 Å². The Bertz CT molecular complexity index is 300. The number of carbonyl (C=O) groups is 2. The van der Waals surface area contributed by atoms with E-state index in [-0.39, 0.29) is 24.9 Å². The zero-order valence-electron chi connectivity index (χ0n) is 9.30. The maximum Gasteiger partial charge on any atom is 0.246 e. The Balaban J connectivity index is 2.26. The number of rotatable bonds is 2. The zero-order valence-corrected chi connectivity index (χ0v) is 9.30. The summed E-state index contributed by atoms with van der Waals surface area (Å²) in [6.07, 6.45) is 4.30. The number of piperazine rings is 1. The minimum Gasteiger partial charge on any atom is -0.345 e. The van der Waals surface area contributed by atoms with Crippen LogP contribution in [0.15, 0.2) is 0 Å². The molecule has 2 amide bonds. The van der Waals surface area contributed by atoms with E-state index in [1.165, 1.54) is 4.90 Å². The molecular formula is C11H17FN2O2. The van der Waals surface area contributed by atoms with Crippen LogP contribution in [0.2, 0.25) is 0 Å². The van der Waals surface area contributed by atoms with E-state index < -0.39 is 12.2 Å². The van der Waals surface area contributed by atoms with Gasteiger partial charge in [0.05, 0.1) is 13.1 Å². The number of amides is 2. The number of hydrogen-bond donors (Lipinski definition) is 1. The molecule has 2 rings (SSSR count). The molecule has 1 spiro atoms. The molecule has 1 aliphatic heterocycles. The highest BCUT2D eigenvalue weighted by molar-refractivity contribution is 5.98. The van der Waals surface area contributed by atoms with E-state index in [4.69, 9.17) is 0 Å². The molecular weight excluding hydrogens is 211 g/mol. The molecule has 0 unspecified atom stereocenters. The van der Waals surface area contributed by atoms with E-state index in [0.717, 1.165) is 19.3 Å². The molecule has 0 aromatic heterocycles. The third-order valence-corrected chi connectivity index (χ3v) is 3.63. The lowest BCUT2D eigenvalue weighted by molar-refractivity contribution is -0.156. The fourth-order valence-electron chi connectivity index (χ4n) is 2.83. The summed E-state index contributed by atoms with van der Waals surface area (Å²) in [6, 6.07) is 0. The van der Waals surface area contributed by atoms with Crippen LogP contribution in [-0.2, 0) is 9.59 Å². The van der Waals surface area contributed by atoms with Gasteiger partial charge in [0.15, 0.2) is 0 Å². The molecule has 5 heteroatoms. The fraction of sp³-hybridized carbons (Fsp3) is 0.818. The first-order valence-electron chi connectivity index (χ1n) is 5.85. The van der Waals surface area contributed by atoms with Crippen LogP contribution >= 0.6 is 0 Å². The lowest BCUT2D eigenvalue weighted by Crippen LogP contribution is -2.68. The van der Waals surface area contributed by atoms with Crippen molar-refractivity contribution in [2.45, 2.75) is 37.6 Å². The van der Waals surface area contributed by atoms with Crippen molar-refractivity contribution in [2.75, 3.05) is 19.8 Å². The quantitative estimate of drug-likeness (QED) is 0.753. The molecule has 90 valence electrons. The number of nitrogens with one attached hydrogen (secondary N) is 1. The second kappa shape index (κ2) is 4.39. The highest BCUT2D eigenvalue weighted by Crippen LogP contribution is 2.35. The first-order chi connectivity index (χ1) is 7.70. The van der Waals surface area contributed by atoms with Crippen molar-refractivity contribution in [3.05, 3.63) is 0 Å². The van der Waals surface area contributed by atoms with Gasteiger partial charge in [0, 0.05) is 0 Å². The van der Waals surface area contributed by atoms with Gasteiger partial charge in [-0.05, 0) is 12.8 Å². The van der Waals surface area contributed by atoms with E-state index in [1.807, 2.05) is 0 Å². The van der Waals surface area contributed by atoms with Crippen LogP contribution in [0.4, 0.5) is 4.39 Å². The molecule has 0 bridgehead atoms. The molecule has 4 nitrogen and oxygen atoms in total. The summed E-state index contributed by atoms with van der Waals surface area (Å²) in [5.41, 5.74) is -0.750. The van der Waals surface area contributed by atoms with E-state index in [0.29, 0.717) is 12.8 Å². The Labute approximate surface area is 94.2 Å². The van der Waals surface area contributed by atoms with E-state index in [1.54, 1.807) is 0 Å². The van der Waals surface area contributed by atoms with E-state index in [2.05, 4.69) is 5.32 Å². The van der Waals surface area contributed by atoms with Crippen molar-refractivity contribution in [1.29, 1.82) is 0 Å². The first kappa shape index (κ1) is 11.4. The summed E-state index contributed by atoms with van der Waals surface area (Å²) in [4.78, 5) is 25.2. The smallest absolute Gasteiger partial charge is 0.246 e. The number of alkyl halides is 1. The Morgan fingerprint density at radius 2 is 1.94 bits per heavy atom. The topological polar surface area (TPSA) is 49.4 Å². The third-order valence-electron chi connectivity index (χ3n) is 3.63. The van der Waals surface area contributed by atoms with Crippen molar-refractivity contribution in [2.24, 2.45) is 0 Å². The average Bonchev–Trinajstić information content (AvgIpc) is 2.31. The van der Waals surface area contributed by atoms with Crippen molar-refractivity contribution in [3.8, 4) is 0 Å². The maximum atomic E-state index is 12.5. The molecule has 0 aromatic carbocycles. The monoisotopic (exact) mass is 228 g/mol. The van der Waals surface area contributed by atoms with E-state index >= 15 is 0 Å². The predicted octanol–water partition coefficient (Wildman–Crippen LogP) is 0.617. The van der Waals surface area contributed by atoms with Crippen LogP contribution < -0.4 is 5.32 Å². The Morgan fingerprint density at radius 3 is 2.56 bits per heavy atom. The average molecular weight is 228 g/mol. The highest BCUT2D eigenvalue weighted by Gasteiger charge is 2.49. The summed E-state index contributed by atoms with van der Waals surface area (Å²) in [5.74, 6) is -0.251. The standard InChI is InChI=1S/C11H17FN2O2/c12-6-7-14-9(15)8-13-10(16)11(14)4-2-1-3-5-11/h1-8H2,(H,13,16). The molecule has 1 N–H and O–H groups in total. The van der Waals surface area contributed by atoms with Gasteiger partial charge >= 0.3 is 0 Å². The number of halogens is 1. The SMILES string of the molecule is O=C1CNC(=O)C2(CCCCC2)N1CCF. The Hall–Kier alpha value is -1.13. The maximum absolute atomic E-state index is 12.5. The molecule has 1 saturated carbocycles. The minimum absolute atomic E-state index is 0.0145. The van der Waals surface area contributed by atoms with E-state index in [9.17, 15) is 14.0 Å². The Morgan fingerprint density at radius 1 is 1.25 bits per heavy atom. The third kappa shape index (κ3) is 1.68. The van der Waals surface area contributed by atoms with Crippen LogP contribution in [-0.4, -0.2) is 42.0 Å². The van der Waals surface area contributed by atoms with Gasteiger partial charge in [0.1, 0.15) is 12.2 Å². The molecule has 1 heterocycles. The summed E-state index contributed by atoms with van der Waals surface area (Å²) >= 11 is 0. The summed E-state index contributed by atoms with van der Waals surface area (Å²) in [6.45, 7) is -0.520. The van der Waals surface area contributed by atoms with Crippen LogP contribution in [0.1, 0.15) is 32.1 Å². The van der Waals surface area contributed by atoms with Gasteiger partial charge in [0.2, 0.25) is 11.8 Å². The predicted molar refractivity (Wildman–Crippen MR) is 56.5 cm³/mol. The molecule has 2 fully saturated rings. The Kier molecular flexibility index (Phi) is 3.12. The first-order valence-corrected chi connectivity index (χ1v) is 5.85. The van der Waals surface area contributed by atoms with Gasteiger partial charge in [0.25, 0.3) is 0 Å². The van der Waals surface area contributed by atoms with Crippen molar-refractivity contribution in [1.82, 2.24) is 10.2 Å². The van der Waals surface area contributed by atoms with Crippen LogP contribution in [0.25, 0.3) is 0 Å². The molecule has 1 saturated heterocycles. The highest BCUT2D eigenvalue weighted by atomic mass is 19.1. The number of carbonyl (C=O) groups excluding carboxylic acids is 2. The van der Waals surface area contributed by atoms with Gasteiger partial charge in [-0.3, -0.25) is 9.59 Å². The summed E-state index contributed by atoms with van der Waals surface area (Å²) in [7, 11) is 0. The second-order valence-electron chi connectivity index (χ2n) is 4.51. The van der Waals surface area contributed by atoms with Crippen LogP contribution in [0, 0.1) is 0 Å². The lowest BCUT2D eigenvalue weighted by atomic mass is 9.78. The minimum atomic E-state index is -0.750. The van der Waals surface area contributed by atoms with Crippen molar-refractivity contribution < 1.29 is 14.0 Å². The van der Waals surface area contributed by atoms with Crippen LogP contribution in [0.3, 0.4) is 0 Å². The van der Waals surface area contributed by atoms with Crippen molar-refractivity contribution in [3.63, 3.8) is 0 Å². The fourth-order valence-corrected chi connectivity index (χ4v) is 2.83. The normalized spacial score (nSPS) is 24.7. The molecule has 1 aliphatic carbocycles. The number of hydrogen-bond acceptors (Lipinski definition) is 2. The van der Waals surface area contributed by atoms with Gasteiger partial charge in [-0.25, -0.2) is 4.39 Å². The van der Waals surface area contributed by atoms with Crippen LogP contribution in [0.5, 0.6) is 0 Å². The van der Waals surface area contributed by atoms with Gasteiger partial charge < -0.3 is 10.2 Å². The molecule has 16 heavy (non-hydrogen) atoms. The number of nitrogens with zero attached hydrogens (tertiary/aromatic N) is 1. The molecule has 0 radical (unpaired) electrons. The second-order valence-corrected chi connectivity index (χ2v) is 4.51. The lowest BCUT2D eigenvalue weighted by Gasteiger charge is -2.47. The largest absolute Gasteiger partial charge is 0.345 e. The zero-order chi connectivity index (χ0) is 11.6. The van der Waals surface area contributed by atoms with Gasteiger partial charge in [-0.15, -0.1) is 0 Å². The molecule has 0 aromatic rings. The van der Waals surface area contributed by atoms with Gasteiger partial charge in [-0.2, -0.15) is 0 Å². The summed E-state index contributed by atoms with van der Waals surface area (Å²) < 4.78 is 12.5.